The van der Waals surface area contributed by atoms with Gasteiger partial charge in [-0.15, -0.1) is 0 Å². The van der Waals surface area contributed by atoms with E-state index in [0.29, 0.717) is 41.3 Å². The second-order valence-electron chi connectivity index (χ2n) is 7.52. The van der Waals surface area contributed by atoms with Crippen LogP contribution in [-0.4, -0.2) is 24.4 Å². The molecule has 30 heavy (non-hydrogen) atoms. The van der Waals surface area contributed by atoms with Crippen molar-refractivity contribution in [3.63, 3.8) is 0 Å². The Kier molecular flexibility index (Phi) is 6.02. The number of halogens is 3. The Bertz CT molecular complexity index is 1030. The highest BCUT2D eigenvalue weighted by atomic mass is 127. The van der Waals surface area contributed by atoms with Crippen molar-refractivity contribution < 1.29 is 18.6 Å². The zero-order chi connectivity index (χ0) is 21.4. The summed E-state index contributed by atoms with van der Waals surface area (Å²) in [4.78, 5) is 2.09. The third-order valence-electron chi connectivity index (χ3n) is 5.27. The Morgan fingerprint density at radius 1 is 1.23 bits per heavy atom. The lowest BCUT2D eigenvalue weighted by atomic mass is 9.94. The van der Waals surface area contributed by atoms with Crippen molar-refractivity contribution >= 4 is 45.2 Å². The fourth-order valence-corrected chi connectivity index (χ4v) is 4.24. The van der Waals surface area contributed by atoms with Gasteiger partial charge in [0.1, 0.15) is 17.4 Å². The van der Waals surface area contributed by atoms with E-state index in [1.807, 2.05) is 29.5 Å². The molecule has 2 N–H and O–H groups in total. The van der Waals surface area contributed by atoms with Crippen LogP contribution in [0.1, 0.15) is 31.7 Å². The number of allylic oxidation sites excluding steroid dienone is 2. The van der Waals surface area contributed by atoms with Gasteiger partial charge in [0.25, 0.3) is 0 Å². The van der Waals surface area contributed by atoms with E-state index in [1.54, 1.807) is 12.1 Å². The first-order valence-electron chi connectivity index (χ1n) is 9.89. The van der Waals surface area contributed by atoms with Crippen LogP contribution in [0.15, 0.2) is 48.4 Å². The molecule has 0 bridgehead atoms. The van der Waals surface area contributed by atoms with Gasteiger partial charge in [-0.05, 0) is 72.7 Å². The van der Waals surface area contributed by atoms with Crippen molar-refractivity contribution in [1.29, 1.82) is 0 Å². The first-order valence-corrected chi connectivity index (χ1v) is 11.0. The maximum Gasteiger partial charge on any atom is 0.147 e. The second-order valence-corrected chi connectivity index (χ2v) is 8.76. The van der Waals surface area contributed by atoms with E-state index < -0.39 is 11.6 Å². The molecule has 2 aliphatic rings. The molecular weight excluding hydrogens is 501 g/mol. The van der Waals surface area contributed by atoms with E-state index in [0.717, 1.165) is 22.1 Å². The number of aliphatic hydroxyl groups excluding tert-OH is 1. The lowest BCUT2D eigenvalue weighted by Crippen LogP contribution is -2.30. The fourth-order valence-electron chi connectivity index (χ4n) is 3.79. The van der Waals surface area contributed by atoms with Gasteiger partial charge < -0.3 is 20.1 Å². The molecule has 4 rings (SSSR count). The number of anilines is 3. The minimum atomic E-state index is -0.411. The molecule has 1 heterocycles. The molecule has 2 aromatic carbocycles. The molecule has 0 atom stereocenters. The monoisotopic (exact) mass is 524 g/mol. The van der Waals surface area contributed by atoms with Gasteiger partial charge in [-0.2, -0.15) is 0 Å². The quantitative estimate of drug-likeness (QED) is 0.348. The number of ether oxygens (including phenoxy) is 1. The Hall–Kier alpha value is -2.13. The highest BCUT2D eigenvalue weighted by Gasteiger charge is 2.38. The summed E-state index contributed by atoms with van der Waals surface area (Å²) in [6.45, 7) is 6.55. The van der Waals surface area contributed by atoms with E-state index in [4.69, 9.17) is 9.84 Å². The van der Waals surface area contributed by atoms with Gasteiger partial charge in [0.2, 0.25) is 0 Å². The molecule has 158 valence electrons. The van der Waals surface area contributed by atoms with Gasteiger partial charge in [-0.1, -0.05) is 6.58 Å². The lowest BCUT2D eigenvalue weighted by Gasteiger charge is -2.36. The van der Waals surface area contributed by atoms with E-state index in [2.05, 4.69) is 16.8 Å². The number of hydrogen-bond acceptors (Lipinski definition) is 4. The highest BCUT2D eigenvalue weighted by Crippen LogP contribution is 2.49. The summed E-state index contributed by atoms with van der Waals surface area (Å²) in [5, 5.41) is 12.2. The fraction of sp³-hybridized carbons (Fsp3) is 0.304. The van der Waals surface area contributed by atoms with Gasteiger partial charge in [0.05, 0.1) is 29.4 Å². The van der Waals surface area contributed by atoms with Crippen LogP contribution in [0.3, 0.4) is 0 Å². The van der Waals surface area contributed by atoms with E-state index in [9.17, 15) is 8.78 Å². The first kappa shape index (κ1) is 21.1. The summed E-state index contributed by atoms with van der Waals surface area (Å²) in [7, 11) is 0. The molecule has 0 unspecified atom stereocenters. The number of fused-ring (bicyclic) bond motifs is 1. The second kappa shape index (κ2) is 8.55. The zero-order valence-corrected chi connectivity index (χ0v) is 18.8. The van der Waals surface area contributed by atoms with Gasteiger partial charge in [0, 0.05) is 33.8 Å². The Morgan fingerprint density at radius 2 is 2.00 bits per heavy atom. The molecule has 1 fully saturated rings. The van der Waals surface area contributed by atoms with E-state index >= 15 is 0 Å². The van der Waals surface area contributed by atoms with Crippen LogP contribution >= 0.6 is 22.6 Å². The SMILES string of the molecule is C=C1C(OCCCO)=C(C)N(C2CC2)c2cc(F)cc(Nc3ccc(I)cc3F)c21. The third-order valence-corrected chi connectivity index (χ3v) is 5.94. The third kappa shape index (κ3) is 4.05. The zero-order valence-electron chi connectivity index (χ0n) is 16.6. The van der Waals surface area contributed by atoms with Gasteiger partial charge >= 0.3 is 0 Å². The molecule has 1 aliphatic heterocycles. The predicted octanol–water partition coefficient (Wildman–Crippen LogP) is 5.94. The number of aliphatic hydroxyl groups is 1. The number of nitrogens with zero attached hydrogens (tertiary/aromatic N) is 1. The Morgan fingerprint density at radius 3 is 2.67 bits per heavy atom. The van der Waals surface area contributed by atoms with Crippen LogP contribution in [0.4, 0.5) is 25.8 Å². The highest BCUT2D eigenvalue weighted by molar-refractivity contribution is 14.1. The van der Waals surface area contributed by atoms with Crippen LogP contribution in [-0.2, 0) is 4.74 Å². The average molecular weight is 524 g/mol. The minimum Gasteiger partial charge on any atom is -0.491 e. The molecule has 0 radical (unpaired) electrons. The maximum absolute atomic E-state index is 14.6. The van der Waals surface area contributed by atoms with Crippen molar-refractivity contribution in [3.05, 3.63) is 69.1 Å². The van der Waals surface area contributed by atoms with Gasteiger partial charge in [-0.3, -0.25) is 0 Å². The number of hydrogen-bond donors (Lipinski definition) is 2. The summed E-state index contributed by atoms with van der Waals surface area (Å²) in [6, 6.07) is 7.99. The van der Waals surface area contributed by atoms with Crippen molar-refractivity contribution in [2.24, 2.45) is 0 Å². The normalized spacial score (nSPS) is 16.0. The Labute approximate surface area is 188 Å². The molecule has 4 nitrogen and oxygen atoms in total. The largest absolute Gasteiger partial charge is 0.491 e. The van der Waals surface area contributed by atoms with Crippen LogP contribution in [0.5, 0.6) is 0 Å². The molecule has 0 spiro atoms. The minimum absolute atomic E-state index is 0.0336. The van der Waals surface area contributed by atoms with Crippen LogP contribution in [0.25, 0.3) is 5.57 Å². The van der Waals surface area contributed by atoms with Crippen molar-refractivity contribution in [2.75, 3.05) is 23.4 Å². The van der Waals surface area contributed by atoms with E-state index in [1.165, 1.54) is 18.2 Å². The number of rotatable bonds is 7. The van der Waals surface area contributed by atoms with Crippen LogP contribution in [0.2, 0.25) is 0 Å². The molecular formula is C23H23F2IN2O2. The topological polar surface area (TPSA) is 44.7 Å². The molecule has 7 heteroatoms. The molecule has 2 aromatic rings. The molecule has 0 aromatic heterocycles. The van der Waals surface area contributed by atoms with Crippen molar-refractivity contribution in [2.45, 2.75) is 32.2 Å². The molecule has 1 saturated carbocycles. The van der Waals surface area contributed by atoms with Crippen LogP contribution in [0, 0.1) is 15.2 Å². The van der Waals surface area contributed by atoms with Gasteiger partial charge in [0.15, 0.2) is 0 Å². The lowest BCUT2D eigenvalue weighted by molar-refractivity contribution is 0.183. The van der Waals surface area contributed by atoms with Crippen LogP contribution < -0.4 is 10.2 Å². The standard InChI is InChI=1S/C23H23F2IN2O2/c1-13-22-20(27-19-7-4-16(26)12-18(19)25)10-15(24)11-21(22)28(17-5-6-17)14(2)23(13)30-9-3-8-29/h4,7,10-12,17,27,29H,1,3,5-6,8-9H2,2H3. The molecule has 0 saturated heterocycles. The average Bonchev–Trinajstić information content (AvgIpc) is 3.51. The summed E-state index contributed by atoms with van der Waals surface area (Å²) in [5.41, 5.74) is 3.61. The molecule has 1 aliphatic carbocycles. The predicted molar refractivity (Wildman–Crippen MR) is 124 cm³/mol. The molecule has 0 amide bonds. The summed E-state index contributed by atoms with van der Waals surface area (Å²) < 4.78 is 35.8. The number of benzene rings is 2. The van der Waals surface area contributed by atoms with E-state index in [-0.39, 0.29) is 18.3 Å². The number of nitrogens with one attached hydrogen (secondary N) is 1. The summed E-state index contributed by atoms with van der Waals surface area (Å²) in [5.74, 6) is -0.190. The smallest absolute Gasteiger partial charge is 0.147 e. The Balaban J connectivity index is 1.80. The van der Waals surface area contributed by atoms with Crippen molar-refractivity contribution in [3.8, 4) is 0 Å². The van der Waals surface area contributed by atoms with Crippen molar-refractivity contribution in [1.82, 2.24) is 0 Å². The summed E-state index contributed by atoms with van der Waals surface area (Å²) >= 11 is 2.04. The summed E-state index contributed by atoms with van der Waals surface area (Å²) in [6.07, 6.45) is 2.53. The van der Waals surface area contributed by atoms with Gasteiger partial charge in [-0.25, -0.2) is 8.78 Å². The first-order chi connectivity index (χ1) is 14.4. The maximum atomic E-state index is 14.6.